The van der Waals surface area contributed by atoms with Crippen molar-refractivity contribution in [2.45, 2.75) is 26.2 Å². The molecule has 36 heavy (non-hydrogen) atoms. The Balaban J connectivity index is 1.76. The van der Waals surface area contributed by atoms with Gasteiger partial charge in [0.05, 0.1) is 18.0 Å². The number of hydrogen-bond donors (Lipinski definition) is 2. The number of aryl methyl sites for hydroxylation is 1. The van der Waals surface area contributed by atoms with Crippen LogP contribution in [0, 0.1) is 18.8 Å². The van der Waals surface area contributed by atoms with Gasteiger partial charge in [0.2, 0.25) is 11.8 Å². The minimum absolute atomic E-state index is 0.338. The summed E-state index contributed by atoms with van der Waals surface area (Å²) < 4.78 is 19.8. The lowest BCUT2D eigenvalue weighted by Crippen LogP contribution is -2.16. The zero-order valence-electron chi connectivity index (χ0n) is 20.1. The molecule has 5 rings (SSSR count). The van der Waals surface area contributed by atoms with E-state index in [4.69, 9.17) is 9.84 Å². The summed E-state index contributed by atoms with van der Waals surface area (Å²) in [4.78, 5) is 15.6. The number of nitrogens with zero attached hydrogens (tertiary/aromatic N) is 2. The van der Waals surface area contributed by atoms with Crippen molar-refractivity contribution in [3.05, 3.63) is 94.6 Å². The molecule has 1 aliphatic carbocycles. The Morgan fingerprint density at radius 2 is 1.86 bits per heavy atom. The maximum Gasteiger partial charge on any atom is 0.328 e. The second-order valence-corrected chi connectivity index (χ2v) is 8.97. The summed E-state index contributed by atoms with van der Waals surface area (Å²) >= 11 is 0. The number of aromatic amines is 1. The van der Waals surface area contributed by atoms with Gasteiger partial charge in [-0.1, -0.05) is 36.8 Å². The van der Waals surface area contributed by atoms with Gasteiger partial charge in [0.15, 0.2) is 0 Å². The number of fused-ring (bicyclic) bond motifs is 1. The molecule has 4 aromatic rings. The zero-order chi connectivity index (χ0) is 25.2. The Labute approximate surface area is 208 Å². The Hall–Kier alpha value is -4.26. The average Bonchev–Trinajstić information content (AvgIpc) is 3.22. The van der Waals surface area contributed by atoms with Gasteiger partial charge in [0.1, 0.15) is 0 Å². The number of ether oxygens (including phenoxy) is 1. The smallest absolute Gasteiger partial charge is 0.328 e. The number of allylic oxidation sites excluding steroid dienone is 1. The fourth-order valence-electron chi connectivity index (χ4n) is 4.73. The number of methoxy groups -OCH3 is 1. The molecule has 0 atom stereocenters. The third-order valence-corrected chi connectivity index (χ3v) is 6.76. The molecule has 0 bridgehead atoms. The van der Waals surface area contributed by atoms with E-state index in [0.29, 0.717) is 22.7 Å². The van der Waals surface area contributed by atoms with E-state index < -0.39 is 11.9 Å². The molecule has 2 N–H and O–H groups in total. The maximum atomic E-state index is 14.5. The summed E-state index contributed by atoms with van der Waals surface area (Å²) in [6, 6.07) is 17.3. The fourth-order valence-corrected chi connectivity index (χ4v) is 4.73. The Kier molecular flexibility index (Phi) is 6.38. The minimum atomic E-state index is -0.996. The van der Waals surface area contributed by atoms with Crippen LogP contribution in [0.4, 0.5) is 4.39 Å². The van der Waals surface area contributed by atoms with Crippen LogP contribution < -0.4 is 4.74 Å². The maximum absolute atomic E-state index is 14.5. The molecule has 0 aliphatic heterocycles. The first-order valence-electron chi connectivity index (χ1n) is 11.9. The topological polar surface area (TPSA) is 88.1 Å². The number of aromatic nitrogens is 3. The third kappa shape index (κ3) is 4.52. The van der Waals surface area contributed by atoms with E-state index in [9.17, 15) is 9.18 Å². The van der Waals surface area contributed by atoms with Crippen LogP contribution in [0.15, 0.2) is 60.7 Å². The summed E-state index contributed by atoms with van der Waals surface area (Å²) in [6.07, 6.45) is 5.96. The molecule has 0 saturated heterocycles. The van der Waals surface area contributed by atoms with Crippen molar-refractivity contribution >= 4 is 34.1 Å². The molecule has 1 fully saturated rings. The average molecular weight is 484 g/mol. The number of nitrogens with one attached hydrogen (secondary N) is 1. The van der Waals surface area contributed by atoms with Gasteiger partial charge in [-0.25, -0.2) is 9.78 Å². The first kappa shape index (κ1) is 23.5. The second kappa shape index (κ2) is 9.77. The van der Waals surface area contributed by atoms with Gasteiger partial charge in [-0.3, -0.25) is 5.10 Å². The van der Waals surface area contributed by atoms with Crippen molar-refractivity contribution in [1.82, 2.24) is 15.2 Å². The number of benzene rings is 2. The lowest BCUT2D eigenvalue weighted by Gasteiger charge is -2.32. The molecule has 0 spiro atoms. The first-order chi connectivity index (χ1) is 17.4. The number of pyridine rings is 1. The van der Waals surface area contributed by atoms with Crippen LogP contribution in [0.3, 0.4) is 0 Å². The number of hydrogen-bond acceptors (Lipinski definition) is 4. The Bertz CT molecular complexity index is 1500. The SMILES string of the molecule is COc1ccc(C(=C(c2ccc(C=CC(=O)O)cc2)c2ccc3n[nH]c(F)c3c2)C2CCC2)c(C)n1. The third-order valence-electron chi connectivity index (χ3n) is 6.76. The van der Waals surface area contributed by atoms with E-state index in [-0.39, 0.29) is 0 Å². The van der Waals surface area contributed by atoms with Crippen LogP contribution >= 0.6 is 0 Å². The quantitative estimate of drug-likeness (QED) is 0.303. The molecule has 7 heteroatoms. The van der Waals surface area contributed by atoms with Gasteiger partial charge in [-0.2, -0.15) is 9.49 Å². The number of H-pyrrole nitrogens is 1. The molecule has 0 amide bonds. The second-order valence-electron chi connectivity index (χ2n) is 8.97. The number of aliphatic carboxylic acids is 1. The molecule has 1 saturated carbocycles. The summed E-state index contributed by atoms with van der Waals surface area (Å²) in [5.74, 6) is -0.565. The summed E-state index contributed by atoms with van der Waals surface area (Å²) in [5, 5.41) is 15.9. The highest BCUT2D eigenvalue weighted by molar-refractivity contribution is 6.01. The molecule has 2 aromatic heterocycles. The van der Waals surface area contributed by atoms with Crippen LogP contribution in [0.2, 0.25) is 0 Å². The van der Waals surface area contributed by atoms with Gasteiger partial charge >= 0.3 is 5.97 Å². The van der Waals surface area contributed by atoms with Crippen molar-refractivity contribution in [2.24, 2.45) is 5.92 Å². The highest BCUT2D eigenvalue weighted by atomic mass is 19.1. The van der Waals surface area contributed by atoms with Crippen molar-refractivity contribution in [3.8, 4) is 5.88 Å². The van der Waals surface area contributed by atoms with Crippen molar-refractivity contribution in [3.63, 3.8) is 0 Å². The van der Waals surface area contributed by atoms with E-state index in [0.717, 1.165) is 58.9 Å². The fraction of sp³-hybridized carbons (Fsp3) is 0.207. The van der Waals surface area contributed by atoms with Gasteiger partial charge in [0.25, 0.3) is 0 Å². The normalized spacial score (nSPS) is 14.6. The predicted octanol–water partition coefficient (Wildman–Crippen LogP) is 6.27. The number of halogens is 1. The van der Waals surface area contributed by atoms with Crippen molar-refractivity contribution in [2.75, 3.05) is 7.11 Å². The predicted molar refractivity (Wildman–Crippen MR) is 138 cm³/mol. The van der Waals surface area contributed by atoms with E-state index in [1.807, 2.05) is 55.5 Å². The highest BCUT2D eigenvalue weighted by Gasteiger charge is 2.29. The molecule has 0 radical (unpaired) electrons. The molecule has 6 nitrogen and oxygen atoms in total. The van der Waals surface area contributed by atoms with E-state index in [1.54, 1.807) is 13.2 Å². The number of carbonyl (C=O) groups is 1. The summed E-state index contributed by atoms with van der Waals surface area (Å²) in [7, 11) is 1.60. The first-order valence-corrected chi connectivity index (χ1v) is 11.9. The van der Waals surface area contributed by atoms with Crippen LogP contribution in [0.5, 0.6) is 5.88 Å². The standard InChI is InChI=1S/C29H26FN3O3/c1-17-22(12-14-25(31-17)36-2)28(19-4-3-5-19)27(20-9-6-18(7-10-20)8-15-26(34)35)21-11-13-24-23(16-21)29(30)33-32-24/h6-16,19H,3-5H2,1-2H3,(H,32,33)(H,34,35). The molecule has 1 aliphatic rings. The Morgan fingerprint density at radius 3 is 2.50 bits per heavy atom. The van der Waals surface area contributed by atoms with E-state index in [2.05, 4.69) is 21.2 Å². The zero-order valence-corrected chi connectivity index (χ0v) is 20.1. The summed E-state index contributed by atoms with van der Waals surface area (Å²) in [5.41, 5.74) is 7.28. The molecular weight excluding hydrogens is 457 g/mol. The largest absolute Gasteiger partial charge is 0.481 e. The number of carboxylic acid groups (broad SMARTS) is 1. The molecule has 0 unspecified atom stereocenters. The van der Waals surface area contributed by atoms with Gasteiger partial charge < -0.3 is 9.84 Å². The molecule has 182 valence electrons. The van der Waals surface area contributed by atoms with Gasteiger partial charge in [-0.15, -0.1) is 0 Å². The van der Waals surface area contributed by atoms with Gasteiger partial charge in [-0.05, 0) is 77.8 Å². The lowest BCUT2D eigenvalue weighted by atomic mass is 9.72. The van der Waals surface area contributed by atoms with Crippen molar-refractivity contribution < 1.29 is 19.0 Å². The Morgan fingerprint density at radius 1 is 1.11 bits per heavy atom. The van der Waals surface area contributed by atoms with Crippen LogP contribution in [-0.4, -0.2) is 33.4 Å². The van der Waals surface area contributed by atoms with Crippen LogP contribution in [0.1, 0.15) is 47.2 Å². The highest BCUT2D eigenvalue weighted by Crippen LogP contribution is 2.46. The number of rotatable bonds is 7. The van der Waals surface area contributed by atoms with Crippen molar-refractivity contribution in [1.29, 1.82) is 0 Å². The van der Waals surface area contributed by atoms with Gasteiger partial charge in [0, 0.05) is 23.4 Å². The van der Waals surface area contributed by atoms with Crippen LogP contribution in [0.25, 0.3) is 28.1 Å². The molecule has 2 heterocycles. The van der Waals surface area contributed by atoms with E-state index in [1.165, 1.54) is 5.57 Å². The molecular formula is C29H26FN3O3. The number of carboxylic acids is 1. The van der Waals surface area contributed by atoms with E-state index >= 15 is 0 Å². The molecule has 2 aromatic carbocycles. The lowest BCUT2D eigenvalue weighted by molar-refractivity contribution is -0.131. The van der Waals surface area contributed by atoms with Crippen LogP contribution in [-0.2, 0) is 4.79 Å². The monoisotopic (exact) mass is 483 g/mol. The summed E-state index contributed by atoms with van der Waals surface area (Å²) in [6.45, 7) is 1.98. The minimum Gasteiger partial charge on any atom is -0.481 e.